The Morgan fingerprint density at radius 2 is 1.97 bits per heavy atom. The van der Waals surface area contributed by atoms with E-state index in [4.69, 9.17) is 0 Å². The molecule has 0 spiro atoms. The summed E-state index contributed by atoms with van der Waals surface area (Å²) in [5, 5.41) is 18.3. The van der Waals surface area contributed by atoms with Crippen LogP contribution in [0.5, 0.6) is 0 Å². The maximum Gasteiger partial charge on any atom is 0.294 e. The molecule has 37 heavy (non-hydrogen) atoms. The maximum absolute atomic E-state index is 13.1. The van der Waals surface area contributed by atoms with Crippen LogP contribution in [0.3, 0.4) is 0 Å². The number of anilines is 2. The van der Waals surface area contributed by atoms with Gasteiger partial charge in [-0.25, -0.2) is 0 Å². The molecule has 1 aliphatic rings. The fraction of sp³-hybridized carbons (Fsp3) is 0.385. The summed E-state index contributed by atoms with van der Waals surface area (Å²) in [6, 6.07) is 5.95. The number of nitrogens with zero attached hydrogens (tertiary/aromatic N) is 7. The number of amides is 2. The first-order chi connectivity index (χ1) is 17.8. The van der Waals surface area contributed by atoms with Gasteiger partial charge in [0.1, 0.15) is 0 Å². The Bertz CT molecular complexity index is 1460. The van der Waals surface area contributed by atoms with E-state index in [-0.39, 0.29) is 11.7 Å². The van der Waals surface area contributed by atoms with Crippen LogP contribution in [0.1, 0.15) is 43.0 Å². The number of rotatable bonds is 7. The van der Waals surface area contributed by atoms with Crippen LogP contribution >= 0.6 is 0 Å². The normalized spacial score (nSPS) is 16.0. The lowest BCUT2D eigenvalue weighted by Crippen LogP contribution is -2.28. The van der Waals surface area contributed by atoms with Crippen molar-refractivity contribution in [1.82, 2.24) is 34.3 Å². The lowest BCUT2D eigenvalue weighted by atomic mass is 10.0. The molecule has 0 radical (unpaired) electrons. The molecule has 0 unspecified atom stereocenters. The van der Waals surface area contributed by atoms with Gasteiger partial charge >= 0.3 is 0 Å². The van der Waals surface area contributed by atoms with Crippen LogP contribution in [0.4, 0.5) is 11.4 Å². The van der Waals surface area contributed by atoms with Gasteiger partial charge in [-0.15, -0.1) is 10.2 Å². The van der Waals surface area contributed by atoms with Gasteiger partial charge in [-0.3, -0.25) is 23.7 Å². The van der Waals surface area contributed by atoms with Gasteiger partial charge in [-0.1, -0.05) is 0 Å². The summed E-state index contributed by atoms with van der Waals surface area (Å²) < 4.78 is 3.36. The van der Waals surface area contributed by atoms with Crippen LogP contribution in [0, 0.1) is 12.8 Å². The minimum absolute atomic E-state index is 0.0496. The number of nitrogens with one attached hydrogen (secondary N) is 2. The third-order valence-electron chi connectivity index (χ3n) is 6.79. The van der Waals surface area contributed by atoms with E-state index >= 15 is 0 Å². The second-order valence-corrected chi connectivity index (χ2v) is 9.88. The lowest BCUT2D eigenvalue weighted by Gasteiger charge is -2.20. The fourth-order valence-corrected chi connectivity index (χ4v) is 4.67. The molecule has 0 aromatic carbocycles. The smallest absolute Gasteiger partial charge is 0.294 e. The van der Waals surface area contributed by atoms with E-state index in [1.165, 1.54) is 0 Å². The summed E-state index contributed by atoms with van der Waals surface area (Å²) in [4.78, 5) is 32.5. The first-order valence-electron chi connectivity index (χ1n) is 12.4. The zero-order valence-corrected chi connectivity index (χ0v) is 21.5. The molecule has 4 aromatic heterocycles. The highest BCUT2D eigenvalue weighted by Gasteiger charge is 2.26. The molecule has 5 heterocycles. The standard InChI is InChI=1S/C26H31N9O2/c1-16(2)34-7-5-18(14-34)9-24(36)29-21-11-22(17(3)27-13-21)30-26(37)25-32-31-23-10-19(6-8-35(23)25)20-12-28-33(4)15-20/h6,8,10-13,15-16,18H,5,7,9,14H2,1-4H3,(H,29,36)(H,30,37)/t18-/m1/s1. The summed E-state index contributed by atoms with van der Waals surface area (Å²) in [7, 11) is 1.86. The van der Waals surface area contributed by atoms with Crippen molar-refractivity contribution in [2.45, 2.75) is 39.7 Å². The molecule has 0 bridgehead atoms. The Balaban J connectivity index is 1.26. The molecule has 0 aliphatic carbocycles. The average molecular weight is 502 g/mol. The quantitative estimate of drug-likeness (QED) is 0.399. The summed E-state index contributed by atoms with van der Waals surface area (Å²) in [5.74, 6) is 0.0264. The van der Waals surface area contributed by atoms with E-state index in [0.29, 0.717) is 41.1 Å². The van der Waals surface area contributed by atoms with Gasteiger partial charge in [0.2, 0.25) is 11.7 Å². The van der Waals surface area contributed by atoms with Crippen LogP contribution in [0.25, 0.3) is 16.8 Å². The number of carbonyl (C=O) groups excluding carboxylic acids is 2. The Morgan fingerprint density at radius 1 is 1.14 bits per heavy atom. The first kappa shape index (κ1) is 24.6. The Morgan fingerprint density at radius 3 is 2.70 bits per heavy atom. The molecule has 2 N–H and O–H groups in total. The highest BCUT2D eigenvalue weighted by Crippen LogP contribution is 2.24. The predicted octanol–water partition coefficient (Wildman–Crippen LogP) is 3.14. The molecule has 5 rings (SSSR count). The SMILES string of the molecule is Cc1ncc(NC(=O)C[C@H]2CCN(C(C)C)C2)cc1NC(=O)c1nnc2cc(-c3cnn(C)c3)ccn12. The number of likely N-dealkylation sites (tertiary alicyclic amines) is 1. The van der Waals surface area contributed by atoms with Crippen molar-refractivity contribution >= 4 is 28.8 Å². The minimum Gasteiger partial charge on any atom is -0.325 e. The van der Waals surface area contributed by atoms with Crippen LogP contribution in [0.2, 0.25) is 0 Å². The molecule has 0 saturated carbocycles. The molecule has 192 valence electrons. The second kappa shape index (κ2) is 10.1. The van der Waals surface area contributed by atoms with E-state index < -0.39 is 5.91 Å². The third-order valence-corrected chi connectivity index (χ3v) is 6.79. The summed E-state index contributed by atoms with van der Waals surface area (Å²) >= 11 is 0. The van der Waals surface area contributed by atoms with Crippen molar-refractivity contribution in [3.63, 3.8) is 0 Å². The van der Waals surface area contributed by atoms with Gasteiger partial charge in [0.15, 0.2) is 5.65 Å². The van der Waals surface area contributed by atoms with E-state index in [1.807, 2.05) is 25.4 Å². The molecule has 11 heteroatoms. The number of carbonyl (C=O) groups is 2. The Hall–Kier alpha value is -4.12. The predicted molar refractivity (Wildman–Crippen MR) is 140 cm³/mol. The topological polar surface area (TPSA) is 122 Å². The van der Waals surface area contributed by atoms with Crippen molar-refractivity contribution in [3.05, 3.63) is 54.5 Å². The Labute approximate surface area is 214 Å². The first-order valence-corrected chi connectivity index (χ1v) is 12.4. The second-order valence-electron chi connectivity index (χ2n) is 9.88. The zero-order chi connectivity index (χ0) is 26.1. The zero-order valence-electron chi connectivity index (χ0n) is 21.5. The Kier molecular flexibility index (Phi) is 6.70. The number of fused-ring (bicyclic) bond motifs is 1. The molecular weight excluding hydrogens is 470 g/mol. The third kappa shape index (κ3) is 5.36. The molecular formula is C26H31N9O2. The van der Waals surface area contributed by atoms with Crippen molar-refractivity contribution in [1.29, 1.82) is 0 Å². The summed E-state index contributed by atoms with van der Waals surface area (Å²) in [6.45, 7) is 8.12. The van der Waals surface area contributed by atoms with Gasteiger partial charge < -0.3 is 15.5 Å². The average Bonchev–Trinajstić information content (AvgIpc) is 3.60. The molecule has 1 aliphatic heterocycles. The van der Waals surface area contributed by atoms with Crippen molar-refractivity contribution in [3.8, 4) is 11.1 Å². The van der Waals surface area contributed by atoms with Crippen LogP contribution in [-0.4, -0.2) is 65.2 Å². The molecule has 4 aromatic rings. The number of hydrogen-bond acceptors (Lipinski definition) is 7. The van der Waals surface area contributed by atoms with E-state index in [9.17, 15) is 9.59 Å². The molecule has 1 atom stereocenters. The van der Waals surface area contributed by atoms with Gasteiger partial charge in [0, 0.05) is 44.0 Å². The molecule has 1 fully saturated rings. The summed E-state index contributed by atoms with van der Waals surface area (Å²) in [6.07, 6.45) is 8.53. The highest BCUT2D eigenvalue weighted by molar-refractivity contribution is 6.03. The molecule has 11 nitrogen and oxygen atoms in total. The number of aryl methyl sites for hydroxylation is 2. The lowest BCUT2D eigenvalue weighted by molar-refractivity contribution is -0.117. The minimum atomic E-state index is -0.422. The maximum atomic E-state index is 13.1. The number of hydrogen-bond donors (Lipinski definition) is 2. The summed E-state index contributed by atoms with van der Waals surface area (Å²) in [5.41, 5.74) is 4.09. The largest absolute Gasteiger partial charge is 0.325 e. The number of aromatic nitrogens is 6. The molecule has 2 amide bonds. The van der Waals surface area contributed by atoms with E-state index in [2.05, 4.69) is 49.7 Å². The van der Waals surface area contributed by atoms with Crippen LogP contribution in [0.15, 0.2) is 43.0 Å². The number of pyridine rings is 2. The van der Waals surface area contributed by atoms with Gasteiger partial charge in [0.25, 0.3) is 5.91 Å². The highest BCUT2D eigenvalue weighted by atomic mass is 16.2. The van der Waals surface area contributed by atoms with Crippen molar-refractivity contribution in [2.75, 3.05) is 23.7 Å². The van der Waals surface area contributed by atoms with Crippen molar-refractivity contribution in [2.24, 2.45) is 13.0 Å². The van der Waals surface area contributed by atoms with Crippen molar-refractivity contribution < 1.29 is 9.59 Å². The van der Waals surface area contributed by atoms with Crippen LogP contribution < -0.4 is 10.6 Å². The van der Waals surface area contributed by atoms with Gasteiger partial charge in [0.05, 0.1) is 29.5 Å². The fourth-order valence-electron chi connectivity index (χ4n) is 4.67. The van der Waals surface area contributed by atoms with E-state index in [1.54, 1.807) is 40.7 Å². The van der Waals surface area contributed by atoms with E-state index in [0.717, 1.165) is 30.6 Å². The van der Waals surface area contributed by atoms with Gasteiger partial charge in [-0.05, 0) is 63.4 Å². The van der Waals surface area contributed by atoms with Crippen LogP contribution in [-0.2, 0) is 11.8 Å². The monoisotopic (exact) mass is 501 g/mol. The molecule has 1 saturated heterocycles. The van der Waals surface area contributed by atoms with Gasteiger partial charge in [-0.2, -0.15) is 5.10 Å².